The van der Waals surface area contributed by atoms with Crippen LogP contribution in [-0.4, -0.2) is 0 Å². The number of halogens is 2. The molecule has 0 unspecified atom stereocenters. The molecule has 0 atom stereocenters. The van der Waals surface area contributed by atoms with Gasteiger partial charge in [-0.1, -0.05) is 34.5 Å². The fourth-order valence-electron chi connectivity index (χ4n) is 2.15. The molecule has 1 aliphatic carbocycles. The van der Waals surface area contributed by atoms with Crippen molar-refractivity contribution in [2.45, 2.75) is 37.8 Å². The van der Waals surface area contributed by atoms with Crippen molar-refractivity contribution in [2.24, 2.45) is 0 Å². The van der Waals surface area contributed by atoms with Gasteiger partial charge < -0.3 is 0 Å². The van der Waals surface area contributed by atoms with Crippen molar-refractivity contribution in [1.82, 2.24) is 0 Å². The van der Waals surface area contributed by atoms with Crippen LogP contribution in [0.2, 0.25) is 0 Å². The molecule has 0 aliphatic heterocycles. The Morgan fingerprint density at radius 3 is 2.14 bits per heavy atom. The number of benzene rings is 1. The Morgan fingerprint density at radius 1 is 1.00 bits per heavy atom. The summed E-state index contributed by atoms with van der Waals surface area (Å²) in [4.78, 5) is 0. The summed E-state index contributed by atoms with van der Waals surface area (Å²) in [5.41, 5.74) is -0.209. The third kappa shape index (κ3) is 2.00. The second kappa shape index (κ2) is 4.01. The zero-order valence-electron chi connectivity index (χ0n) is 8.10. The van der Waals surface area contributed by atoms with Gasteiger partial charge in [-0.05, 0) is 43.4 Å². The van der Waals surface area contributed by atoms with E-state index in [9.17, 15) is 4.39 Å². The number of alkyl halides is 1. The number of rotatable bonds is 1. The zero-order chi connectivity index (χ0) is 10.0. The van der Waals surface area contributed by atoms with Crippen LogP contribution in [-0.2, 0) is 5.67 Å². The van der Waals surface area contributed by atoms with E-state index in [0.29, 0.717) is 12.8 Å². The Hall–Kier alpha value is -0.370. The summed E-state index contributed by atoms with van der Waals surface area (Å²) in [6.45, 7) is 0. The lowest BCUT2D eigenvalue weighted by molar-refractivity contribution is 0.106. The molecule has 0 spiro atoms. The highest BCUT2D eigenvalue weighted by Gasteiger charge is 2.33. The van der Waals surface area contributed by atoms with Crippen LogP contribution in [0.5, 0.6) is 0 Å². The largest absolute Gasteiger partial charge is 0.239 e. The van der Waals surface area contributed by atoms with Gasteiger partial charge in [0.25, 0.3) is 0 Å². The monoisotopic (exact) mass is 256 g/mol. The quantitative estimate of drug-likeness (QED) is 0.690. The van der Waals surface area contributed by atoms with Gasteiger partial charge in [0.2, 0.25) is 0 Å². The molecular weight excluding hydrogens is 243 g/mol. The van der Waals surface area contributed by atoms with Gasteiger partial charge in [0.05, 0.1) is 0 Å². The molecule has 0 N–H and O–H groups in total. The average molecular weight is 257 g/mol. The van der Waals surface area contributed by atoms with Gasteiger partial charge in [-0.3, -0.25) is 0 Å². The standard InChI is InChI=1S/C12H14BrF/c13-11-6-4-10(5-7-11)12(14)8-2-1-3-9-12/h4-7H,1-3,8-9H2. The molecule has 0 nitrogen and oxygen atoms in total. The third-order valence-corrected chi connectivity index (χ3v) is 3.54. The second-order valence-corrected chi connectivity index (χ2v) is 4.95. The molecule has 1 saturated carbocycles. The molecule has 1 aliphatic rings. The van der Waals surface area contributed by atoms with Crippen molar-refractivity contribution in [1.29, 1.82) is 0 Å². The van der Waals surface area contributed by atoms with E-state index < -0.39 is 5.67 Å². The van der Waals surface area contributed by atoms with Gasteiger partial charge in [0.15, 0.2) is 0 Å². The fraction of sp³-hybridized carbons (Fsp3) is 0.500. The minimum Gasteiger partial charge on any atom is -0.239 e. The maximum Gasteiger partial charge on any atom is 0.136 e. The highest BCUT2D eigenvalue weighted by Crippen LogP contribution is 2.40. The first-order valence-electron chi connectivity index (χ1n) is 5.16. The van der Waals surface area contributed by atoms with E-state index >= 15 is 0 Å². The SMILES string of the molecule is FC1(c2ccc(Br)cc2)CCCCC1. The maximum absolute atomic E-state index is 14.4. The van der Waals surface area contributed by atoms with E-state index in [1.54, 1.807) is 0 Å². The summed E-state index contributed by atoms with van der Waals surface area (Å²) in [6.07, 6.45) is 4.60. The van der Waals surface area contributed by atoms with Crippen molar-refractivity contribution in [2.75, 3.05) is 0 Å². The Morgan fingerprint density at radius 2 is 1.57 bits per heavy atom. The number of hydrogen-bond donors (Lipinski definition) is 0. The van der Waals surface area contributed by atoms with Crippen LogP contribution in [0.4, 0.5) is 4.39 Å². The molecule has 1 aromatic rings. The highest BCUT2D eigenvalue weighted by molar-refractivity contribution is 9.10. The van der Waals surface area contributed by atoms with Crippen molar-refractivity contribution in [3.8, 4) is 0 Å². The van der Waals surface area contributed by atoms with E-state index in [0.717, 1.165) is 22.9 Å². The molecule has 1 aromatic carbocycles. The topological polar surface area (TPSA) is 0 Å². The lowest BCUT2D eigenvalue weighted by atomic mass is 9.81. The van der Waals surface area contributed by atoms with Gasteiger partial charge in [-0.2, -0.15) is 0 Å². The Balaban J connectivity index is 2.23. The zero-order valence-corrected chi connectivity index (χ0v) is 9.69. The predicted molar refractivity (Wildman–Crippen MR) is 60.0 cm³/mol. The summed E-state index contributed by atoms with van der Waals surface area (Å²) < 4.78 is 15.4. The molecule has 1 fully saturated rings. The van der Waals surface area contributed by atoms with Crippen LogP contribution in [0, 0.1) is 0 Å². The van der Waals surface area contributed by atoms with Crippen molar-refractivity contribution < 1.29 is 4.39 Å². The lowest BCUT2D eigenvalue weighted by Crippen LogP contribution is -2.23. The molecule has 2 heteroatoms. The molecule has 76 valence electrons. The molecule has 0 amide bonds. The van der Waals surface area contributed by atoms with E-state index in [4.69, 9.17) is 0 Å². The lowest BCUT2D eigenvalue weighted by Gasteiger charge is -2.29. The van der Waals surface area contributed by atoms with Crippen LogP contribution in [0.15, 0.2) is 28.7 Å². The fourth-order valence-corrected chi connectivity index (χ4v) is 2.41. The summed E-state index contributed by atoms with van der Waals surface area (Å²) in [6, 6.07) is 7.64. The molecule has 0 bridgehead atoms. The predicted octanol–water partition coefficient (Wildman–Crippen LogP) is 4.58. The first-order chi connectivity index (χ1) is 6.71. The molecule has 0 radical (unpaired) electrons. The Kier molecular flexibility index (Phi) is 2.91. The van der Waals surface area contributed by atoms with E-state index in [2.05, 4.69) is 15.9 Å². The van der Waals surface area contributed by atoms with Gasteiger partial charge >= 0.3 is 0 Å². The van der Waals surface area contributed by atoms with Crippen LogP contribution in [0.3, 0.4) is 0 Å². The molecule has 2 rings (SSSR count). The third-order valence-electron chi connectivity index (χ3n) is 3.01. The average Bonchev–Trinajstić information content (AvgIpc) is 2.19. The molecule has 0 heterocycles. The van der Waals surface area contributed by atoms with Crippen LogP contribution in [0.1, 0.15) is 37.7 Å². The van der Waals surface area contributed by atoms with Crippen molar-refractivity contribution >= 4 is 15.9 Å². The van der Waals surface area contributed by atoms with Crippen molar-refractivity contribution in [3.05, 3.63) is 34.3 Å². The van der Waals surface area contributed by atoms with Crippen LogP contribution in [0.25, 0.3) is 0 Å². The van der Waals surface area contributed by atoms with Gasteiger partial charge in [0, 0.05) is 4.47 Å². The second-order valence-electron chi connectivity index (χ2n) is 4.03. The first kappa shape index (κ1) is 10.2. The van der Waals surface area contributed by atoms with E-state index in [-0.39, 0.29) is 0 Å². The van der Waals surface area contributed by atoms with Crippen LogP contribution < -0.4 is 0 Å². The smallest absolute Gasteiger partial charge is 0.136 e. The molecule has 0 aromatic heterocycles. The molecule has 0 saturated heterocycles. The van der Waals surface area contributed by atoms with Gasteiger partial charge in [0.1, 0.15) is 5.67 Å². The van der Waals surface area contributed by atoms with Crippen molar-refractivity contribution in [3.63, 3.8) is 0 Å². The van der Waals surface area contributed by atoms with E-state index in [1.807, 2.05) is 24.3 Å². The molecule has 14 heavy (non-hydrogen) atoms. The summed E-state index contributed by atoms with van der Waals surface area (Å²) >= 11 is 3.36. The minimum atomic E-state index is -1.06. The van der Waals surface area contributed by atoms with Gasteiger partial charge in [-0.15, -0.1) is 0 Å². The minimum absolute atomic E-state index is 0.689. The number of hydrogen-bond acceptors (Lipinski definition) is 0. The Labute approximate surface area is 92.6 Å². The van der Waals surface area contributed by atoms with Gasteiger partial charge in [-0.25, -0.2) is 4.39 Å². The summed E-state index contributed by atoms with van der Waals surface area (Å²) in [7, 11) is 0. The van der Waals surface area contributed by atoms with Crippen LogP contribution >= 0.6 is 15.9 Å². The summed E-state index contributed by atoms with van der Waals surface area (Å²) in [5.74, 6) is 0. The van der Waals surface area contributed by atoms with E-state index in [1.165, 1.54) is 6.42 Å². The summed E-state index contributed by atoms with van der Waals surface area (Å²) in [5, 5.41) is 0. The maximum atomic E-state index is 14.4. The first-order valence-corrected chi connectivity index (χ1v) is 5.95. The highest BCUT2D eigenvalue weighted by atomic mass is 79.9. The Bertz CT molecular complexity index is 299. The normalized spacial score (nSPS) is 20.7. The molecular formula is C12H14BrF.